The Bertz CT molecular complexity index is 635. The Morgan fingerprint density at radius 2 is 2.10 bits per heavy atom. The quantitative estimate of drug-likeness (QED) is 0.935. The number of hydrogen-bond donors (Lipinski definition) is 1. The number of rotatable bonds is 4. The Hall–Kier alpha value is -1.99. The Morgan fingerprint density at radius 3 is 2.67 bits per heavy atom. The van der Waals surface area contributed by atoms with Gasteiger partial charge in [0.05, 0.1) is 11.8 Å². The lowest BCUT2D eigenvalue weighted by atomic mass is 10.1. The van der Waals surface area contributed by atoms with Gasteiger partial charge in [-0.15, -0.1) is 5.10 Å². The van der Waals surface area contributed by atoms with Crippen LogP contribution in [0, 0.1) is 6.92 Å². The Labute approximate surface area is 126 Å². The minimum Gasteiger partial charge on any atom is -0.378 e. The van der Waals surface area contributed by atoms with Crippen LogP contribution in [0.1, 0.15) is 15.4 Å². The van der Waals surface area contributed by atoms with E-state index in [9.17, 15) is 4.79 Å². The Balaban J connectivity index is 1.62. The van der Waals surface area contributed by atoms with Gasteiger partial charge < -0.3 is 15.0 Å². The lowest BCUT2D eigenvalue weighted by molar-refractivity contribution is 0.0788. The zero-order valence-corrected chi connectivity index (χ0v) is 12.7. The summed E-state index contributed by atoms with van der Waals surface area (Å²) in [7, 11) is 1.73. The largest absolute Gasteiger partial charge is 0.378 e. The summed E-state index contributed by atoms with van der Waals surface area (Å²) in [6.07, 6.45) is 0.325. The summed E-state index contributed by atoms with van der Waals surface area (Å²) in [5.74, 6) is -0.168. The maximum atomic E-state index is 12.1. The van der Waals surface area contributed by atoms with Crippen LogP contribution in [0.4, 0.5) is 11.4 Å². The van der Waals surface area contributed by atoms with Crippen LogP contribution < -0.4 is 10.2 Å². The molecule has 1 aliphatic heterocycles. The second-order valence-corrected chi connectivity index (χ2v) is 5.71. The maximum Gasteiger partial charge on any atom is 0.269 e. The van der Waals surface area contributed by atoms with Crippen molar-refractivity contribution in [1.29, 1.82) is 0 Å². The molecule has 1 aromatic carbocycles. The molecule has 2 aromatic rings. The maximum absolute atomic E-state index is 12.1. The van der Waals surface area contributed by atoms with Crippen LogP contribution in [0.25, 0.3) is 0 Å². The number of amides is 1. The van der Waals surface area contributed by atoms with Gasteiger partial charge in [0.25, 0.3) is 5.91 Å². The molecule has 1 amide bonds. The highest BCUT2D eigenvalue weighted by molar-refractivity contribution is 7.08. The van der Waals surface area contributed by atoms with Gasteiger partial charge in [-0.05, 0) is 42.7 Å². The molecule has 1 saturated heterocycles. The van der Waals surface area contributed by atoms with Gasteiger partial charge in [-0.1, -0.05) is 4.49 Å². The smallest absolute Gasteiger partial charge is 0.269 e. The van der Waals surface area contributed by atoms with Crippen LogP contribution in [0.3, 0.4) is 0 Å². The van der Waals surface area contributed by atoms with E-state index >= 15 is 0 Å². The number of carbonyl (C=O) groups excluding carboxylic acids is 1. The molecule has 0 radical (unpaired) electrons. The molecule has 1 aliphatic rings. The van der Waals surface area contributed by atoms with Crippen molar-refractivity contribution in [3.05, 3.63) is 34.8 Å². The van der Waals surface area contributed by atoms with Gasteiger partial charge in [-0.2, -0.15) is 0 Å². The topological polar surface area (TPSA) is 67.3 Å². The summed E-state index contributed by atoms with van der Waals surface area (Å²) in [6.45, 7) is 3.60. The van der Waals surface area contributed by atoms with Crippen LogP contribution >= 0.6 is 11.5 Å². The monoisotopic (exact) mass is 304 g/mol. The summed E-state index contributed by atoms with van der Waals surface area (Å²) >= 11 is 1.11. The molecule has 0 unspecified atom stereocenters. The van der Waals surface area contributed by atoms with Crippen LogP contribution in [0.2, 0.25) is 0 Å². The van der Waals surface area contributed by atoms with E-state index in [4.69, 9.17) is 4.74 Å². The lowest BCUT2D eigenvalue weighted by Gasteiger charge is -2.40. The lowest BCUT2D eigenvalue weighted by Crippen LogP contribution is -2.51. The minimum absolute atomic E-state index is 0.168. The van der Waals surface area contributed by atoms with E-state index in [-0.39, 0.29) is 5.91 Å². The van der Waals surface area contributed by atoms with Gasteiger partial charge in [-0.3, -0.25) is 4.79 Å². The van der Waals surface area contributed by atoms with Crippen LogP contribution in [0.15, 0.2) is 24.3 Å². The molecule has 0 aliphatic carbocycles. The predicted octanol–water partition coefficient (Wildman–Crippen LogP) is 1.93. The molecular weight excluding hydrogens is 288 g/mol. The van der Waals surface area contributed by atoms with Gasteiger partial charge in [0.1, 0.15) is 4.88 Å². The average Bonchev–Trinajstić information content (AvgIpc) is 2.86. The van der Waals surface area contributed by atoms with Crippen LogP contribution in [0.5, 0.6) is 0 Å². The number of methoxy groups -OCH3 is 1. The predicted molar refractivity (Wildman–Crippen MR) is 82.1 cm³/mol. The summed E-state index contributed by atoms with van der Waals surface area (Å²) in [4.78, 5) is 14.8. The molecule has 0 atom stereocenters. The van der Waals surface area contributed by atoms with Gasteiger partial charge in [0, 0.05) is 31.6 Å². The fraction of sp³-hybridized carbons (Fsp3) is 0.357. The molecular formula is C14H16N4O2S. The molecule has 110 valence electrons. The number of benzene rings is 1. The van der Waals surface area contributed by atoms with Crippen LogP contribution in [-0.4, -0.2) is 41.8 Å². The van der Waals surface area contributed by atoms with E-state index < -0.39 is 0 Å². The summed E-state index contributed by atoms with van der Waals surface area (Å²) < 4.78 is 9.03. The van der Waals surface area contributed by atoms with Gasteiger partial charge >= 0.3 is 0 Å². The molecule has 3 rings (SSSR count). The van der Waals surface area contributed by atoms with E-state index in [0.717, 1.165) is 36.0 Å². The van der Waals surface area contributed by atoms with Gasteiger partial charge in [0.15, 0.2) is 0 Å². The first-order chi connectivity index (χ1) is 10.2. The first-order valence-electron chi connectivity index (χ1n) is 6.65. The first kappa shape index (κ1) is 14.0. The number of carbonyl (C=O) groups is 1. The third-order valence-electron chi connectivity index (χ3n) is 3.53. The van der Waals surface area contributed by atoms with E-state index in [1.807, 2.05) is 24.3 Å². The minimum atomic E-state index is -0.168. The summed E-state index contributed by atoms with van der Waals surface area (Å²) in [6, 6.07) is 7.80. The average molecular weight is 304 g/mol. The van der Waals surface area contributed by atoms with Crippen molar-refractivity contribution in [3.8, 4) is 0 Å². The third-order valence-corrected chi connectivity index (χ3v) is 4.36. The van der Waals surface area contributed by atoms with Gasteiger partial charge in [-0.25, -0.2) is 0 Å². The van der Waals surface area contributed by atoms with E-state index in [2.05, 4.69) is 19.8 Å². The van der Waals surface area contributed by atoms with Crippen molar-refractivity contribution in [2.75, 3.05) is 30.4 Å². The Morgan fingerprint density at radius 1 is 1.38 bits per heavy atom. The fourth-order valence-corrected chi connectivity index (χ4v) is 2.73. The summed E-state index contributed by atoms with van der Waals surface area (Å²) in [5, 5.41) is 6.70. The van der Waals surface area contributed by atoms with E-state index in [0.29, 0.717) is 16.7 Å². The molecule has 1 N–H and O–H groups in total. The standard InChI is InChI=1S/C14H16N4O2S/c1-9-13(21-17-16-9)14(19)15-10-3-5-11(6-4-10)18-7-12(8-18)20-2/h3-6,12H,7-8H2,1-2H3,(H,15,19). The highest BCUT2D eigenvalue weighted by atomic mass is 32.1. The molecule has 7 heteroatoms. The second-order valence-electron chi connectivity index (χ2n) is 4.95. The van der Waals surface area contributed by atoms with E-state index in [1.54, 1.807) is 14.0 Å². The molecule has 0 spiro atoms. The van der Waals surface area contributed by atoms with Gasteiger partial charge in [0.2, 0.25) is 0 Å². The molecule has 21 heavy (non-hydrogen) atoms. The summed E-state index contributed by atoms with van der Waals surface area (Å²) in [5.41, 5.74) is 2.55. The number of hydrogen-bond acceptors (Lipinski definition) is 6. The Kier molecular flexibility index (Phi) is 3.85. The van der Waals surface area contributed by atoms with Crippen LogP contribution in [-0.2, 0) is 4.74 Å². The van der Waals surface area contributed by atoms with Crippen molar-refractivity contribution in [2.45, 2.75) is 13.0 Å². The highest BCUT2D eigenvalue weighted by Gasteiger charge is 2.26. The van der Waals surface area contributed by atoms with E-state index in [1.165, 1.54) is 0 Å². The number of nitrogens with zero attached hydrogens (tertiary/aromatic N) is 3. The number of aromatic nitrogens is 2. The van der Waals surface area contributed by atoms with Crippen molar-refractivity contribution < 1.29 is 9.53 Å². The molecule has 0 bridgehead atoms. The van der Waals surface area contributed by atoms with Crippen molar-refractivity contribution >= 4 is 28.8 Å². The molecule has 0 saturated carbocycles. The van der Waals surface area contributed by atoms with Crippen molar-refractivity contribution in [1.82, 2.24) is 9.59 Å². The zero-order valence-electron chi connectivity index (χ0n) is 11.9. The zero-order chi connectivity index (χ0) is 14.8. The third kappa shape index (κ3) is 2.88. The number of anilines is 2. The first-order valence-corrected chi connectivity index (χ1v) is 7.43. The molecule has 1 aromatic heterocycles. The molecule has 1 fully saturated rings. The number of aryl methyl sites for hydroxylation is 1. The number of nitrogens with one attached hydrogen (secondary N) is 1. The fourth-order valence-electron chi connectivity index (χ4n) is 2.18. The second kappa shape index (κ2) is 5.79. The number of ether oxygens (including phenoxy) is 1. The van der Waals surface area contributed by atoms with Crippen molar-refractivity contribution in [3.63, 3.8) is 0 Å². The molecule has 6 nitrogen and oxygen atoms in total. The highest BCUT2D eigenvalue weighted by Crippen LogP contribution is 2.24. The normalized spacial score (nSPS) is 14.9. The van der Waals surface area contributed by atoms with Crippen molar-refractivity contribution in [2.24, 2.45) is 0 Å². The SMILES string of the molecule is COC1CN(c2ccc(NC(=O)c3snnc3C)cc2)C1. The molecule has 2 heterocycles.